The molecule has 4 bridgehead atoms. The molecule has 5 aliphatic carbocycles. The van der Waals surface area contributed by atoms with Crippen LogP contribution >= 0.6 is 8.73 Å². The Balaban J connectivity index is 0.898. The van der Waals surface area contributed by atoms with E-state index in [-0.39, 0.29) is 0 Å². The van der Waals surface area contributed by atoms with Gasteiger partial charge in [0.1, 0.15) is 6.29 Å². The second-order valence-corrected chi connectivity index (χ2v) is 17.0. The van der Waals surface area contributed by atoms with Crippen LogP contribution < -0.4 is 0 Å². The van der Waals surface area contributed by atoms with Crippen LogP contribution in [0, 0.1) is 59.2 Å². The molecule has 0 aromatic rings. The Kier molecular flexibility index (Phi) is 9.48. The summed E-state index contributed by atoms with van der Waals surface area (Å²) in [7, 11) is 5.22. The van der Waals surface area contributed by atoms with Gasteiger partial charge in [0.05, 0.1) is 8.73 Å². The quantitative estimate of drug-likeness (QED) is 0.222. The van der Waals surface area contributed by atoms with Gasteiger partial charge in [0.25, 0.3) is 0 Å². The molecule has 4 heteroatoms. The Bertz CT molecular complexity index is 754. The van der Waals surface area contributed by atoms with Crippen LogP contribution in [0.15, 0.2) is 0 Å². The average Bonchev–Trinajstić information content (AvgIpc) is 3.74. The van der Waals surface area contributed by atoms with E-state index in [0.29, 0.717) is 8.73 Å². The smallest absolute Gasteiger partial charge is 0.123 e. The zero-order valence-electron chi connectivity index (χ0n) is 25.7. The molecule has 6 aliphatic rings. The molecular formula is C34H63N3P+. The lowest BCUT2D eigenvalue weighted by Gasteiger charge is -2.37. The van der Waals surface area contributed by atoms with Crippen molar-refractivity contribution in [3.63, 3.8) is 0 Å². The number of hydrogen-bond donors (Lipinski definition) is 0. The minimum Gasteiger partial charge on any atom is -0.303 e. The van der Waals surface area contributed by atoms with Crippen LogP contribution in [0.3, 0.4) is 0 Å². The molecule has 0 aromatic heterocycles. The third-order valence-electron chi connectivity index (χ3n) is 13.7. The Labute approximate surface area is 238 Å². The van der Waals surface area contributed by atoms with Crippen molar-refractivity contribution in [2.24, 2.45) is 59.2 Å². The second kappa shape index (κ2) is 12.7. The molecular weight excluding hydrogens is 481 g/mol. The Hall–Kier alpha value is 0.310. The molecule has 0 radical (unpaired) electrons. The monoisotopic (exact) mass is 544 g/mol. The molecule has 0 amide bonds. The minimum atomic E-state index is 0.427. The molecule has 1 heterocycles. The molecule has 218 valence electrons. The maximum absolute atomic E-state index is 2.90. The van der Waals surface area contributed by atoms with Crippen molar-refractivity contribution >= 4 is 8.73 Å². The highest BCUT2D eigenvalue weighted by molar-refractivity contribution is 7.35. The van der Waals surface area contributed by atoms with Crippen molar-refractivity contribution < 1.29 is 0 Å². The topological polar surface area (TPSA) is 9.72 Å². The fraction of sp³-hybridized carbons (Fsp3) is 1.00. The summed E-state index contributed by atoms with van der Waals surface area (Å²) in [5.74, 6) is 10.8. The van der Waals surface area contributed by atoms with Crippen molar-refractivity contribution in [2.75, 3.05) is 46.6 Å². The summed E-state index contributed by atoms with van der Waals surface area (Å²) < 4.78 is 2.69. The van der Waals surface area contributed by atoms with E-state index in [1.165, 1.54) is 77.4 Å². The Morgan fingerprint density at radius 2 is 1.47 bits per heavy atom. The summed E-state index contributed by atoms with van der Waals surface area (Å²) in [6.45, 7) is 10.7. The van der Waals surface area contributed by atoms with E-state index in [2.05, 4.69) is 42.4 Å². The first-order valence-electron chi connectivity index (χ1n) is 17.5. The standard InChI is InChI=1S/C34H62N3P/c1-5-28-25-15-16-26(19-25)30(28)14-9-13-29-24(2)31-20-32(29)34-22-37(21-33(31)34)18-10-17-36(4)38-23-35(3)27-11-7-6-8-12-27/h24-34,38H,5-23H2,1-4H3/p+1. The number of likely N-dealkylation sites (tertiary alicyclic amines) is 1. The van der Waals surface area contributed by atoms with Crippen LogP contribution in [-0.4, -0.2) is 67.1 Å². The van der Waals surface area contributed by atoms with Gasteiger partial charge in [-0.1, -0.05) is 46.0 Å². The lowest BCUT2D eigenvalue weighted by Crippen LogP contribution is -2.33. The van der Waals surface area contributed by atoms with Gasteiger partial charge in [-0.3, -0.25) is 4.90 Å². The molecule has 11 unspecified atom stereocenters. The van der Waals surface area contributed by atoms with Crippen LogP contribution in [-0.2, 0) is 0 Å². The Morgan fingerprint density at radius 3 is 2.24 bits per heavy atom. The van der Waals surface area contributed by atoms with Crippen LogP contribution in [0.4, 0.5) is 0 Å². The van der Waals surface area contributed by atoms with Crippen molar-refractivity contribution in [1.82, 2.24) is 14.5 Å². The lowest BCUT2D eigenvalue weighted by atomic mass is 9.68. The summed E-state index contributed by atoms with van der Waals surface area (Å²) in [5.41, 5.74) is 0. The molecule has 0 N–H and O–H groups in total. The van der Waals surface area contributed by atoms with Gasteiger partial charge in [-0.2, -0.15) is 4.67 Å². The summed E-state index contributed by atoms with van der Waals surface area (Å²) in [5, 5.41) is 0. The highest BCUT2D eigenvalue weighted by atomic mass is 31.1. The van der Waals surface area contributed by atoms with Gasteiger partial charge in [-0.25, -0.2) is 0 Å². The summed E-state index contributed by atoms with van der Waals surface area (Å²) in [6.07, 6.45) is 22.5. The van der Waals surface area contributed by atoms with Crippen LogP contribution in [0.2, 0.25) is 0 Å². The average molecular weight is 545 g/mol. The van der Waals surface area contributed by atoms with Gasteiger partial charge in [0, 0.05) is 32.7 Å². The molecule has 3 nitrogen and oxygen atoms in total. The first-order chi connectivity index (χ1) is 18.5. The Morgan fingerprint density at radius 1 is 0.763 bits per heavy atom. The van der Waals surface area contributed by atoms with Gasteiger partial charge in [-0.05, 0) is 131 Å². The maximum atomic E-state index is 2.90. The van der Waals surface area contributed by atoms with E-state index in [9.17, 15) is 0 Å². The van der Waals surface area contributed by atoms with E-state index >= 15 is 0 Å². The molecule has 1 saturated heterocycles. The number of rotatable bonds is 13. The second-order valence-electron chi connectivity index (χ2n) is 15.4. The van der Waals surface area contributed by atoms with Crippen molar-refractivity contribution in [2.45, 2.75) is 110 Å². The third-order valence-corrected chi connectivity index (χ3v) is 15.3. The van der Waals surface area contributed by atoms with E-state index < -0.39 is 0 Å². The van der Waals surface area contributed by atoms with Crippen molar-refractivity contribution in [1.29, 1.82) is 0 Å². The number of hydrogen-bond acceptors (Lipinski definition) is 3. The van der Waals surface area contributed by atoms with Gasteiger partial charge in [-0.15, -0.1) is 0 Å². The maximum Gasteiger partial charge on any atom is 0.123 e. The number of nitrogens with zero attached hydrogens (tertiary/aromatic N) is 3. The van der Waals surface area contributed by atoms with Gasteiger partial charge in [0.15, 0.2) is 0 Å². The number of fused-ring (bicyclic) bond motifs is 7. The molecule has 6 fully saturated rings. The van der Waals surface area contributed by atoms with Gasteiger partial charge >= 0.3 is 0 Å². The zero-order chi connectivity index (χ0) is 26.2. The molecule has 0 spiro atoms. The van der Waals surface area contributed by atoms with Crippen LogP contribution in [0.5, 0.6) is 0 Å². The van der Waals surface area contributed by atoms with E-state index in [1.54, 1.807) is 44.9 Å². The minimum absolute atomic E-state index is 0.427. The van der Waals surface area contributed by atoms with E-state index in [0.717, 1.165) is 65.2 Å². The summed E-state index contributed by atoms with van der Waals surface area (Å²) in [6, 6.07) is 0.876. The summed E-state index contributed by atoms with van der Waals surface area (Å²) in [4.78, 5) is 5.60. The van der Waals surface area contributed by atoms with Crippen LogP contribution in [0.1, 0.15) is 104 Å². The van der Waals surface area contributed by atoms with Gasteiger partial charge in [0.2, 0.25) is 0 Å². The predicted octanol–water partition coefficient (Wildman–Crippen LogP) is 7.55. The highest BCUT2D eigenvalue weighted by Gasteiger charge is 2.58. The highest BCUT2D eigenvalue weighted by Crippen LogP contribution is 2.62. The fourth-order valence-corrected chi connectivity index (χ4v) is 13.0. The molecule has 11 atom stereocenters. The lowest BCUT2D eigenvalue weighted by molar-refractivity contribution is 0.123. The molecule has 5 saturated carbocycles. The molecule has 0 aromatic carbocycles. The van der Waals surface area contributed by atoms with Crippen molar-refractivity contribution in [3.8, 4) is 0 Å². The zero-order valence-corrected chi connectivity index (χ0v) is 26.9. The normalized spacial score (nSPS) is 43.1. The van der Waals surface area contributed by atoms with E-state index in [1.807, 2.05) is 0 Å². The first-order valence-corrected chi connectivity index (χ1v) is 18.8. The van der Waals surface area contributed by atoms with Gasteiger partial charge < -0.3 is 4.90 Å². The predicted molar refractivity (Wildman–Crippen MR) is 166 cm³/mol. The largest absolute Gasteiger partial charge is 0.303 e. The van der Waals surface area contributed by atoms with Crippen LogP contribution in [0.25, 0.3) is 0 Å². The van der Waals surface area contributed by atoms with E-state index in [4.69, 9.17) is 0 Å². The molecule has 1 aliphatic heterocycles. The fourth-order valence-electron chi connectivity index (χ4n) is 11.8. The molecule has 6 rings (SSSR count). The SMILES string of the molecule is CCC1C2CCC(C2)C1CCCC1C(C)C2CC1C1CN(CCCN(C)[PH2+]CN(C)C3CCCCC3)CC21. The molecule has 38 heavy (non-hydrogen) atoms. The summed E-state index contributed by atoms with van der Waals surface area (Å²) >= 11 is 0. The first kappa shape index (κ1) is 28.4. The third kappa shape index (κ3) is 5.80. The van der Waals surface area contributed by atoms with Crippen molar-refractivity contribution in [3.05, 3.63) is 0 Å².